The number of hydrogen-bond donors (Lipinski definition) is 1. The predicted octanol–water partition coefficient (Wildman–Crippen LogP) is 2.96. The maximum atomic E-state index is 12.1. The molecule has 0 radical (unpaired) electrons. The van der Waals surface area contributed by atoms with Crippen LogP contribution in [0, 0.1) is 5.92 Å². The molecule has 1 N–H and O–H groups in total. The molecule has 0 aromatic heterocycles. The Morgan fingerprint density at radius 2 is 2.05 bits per heavy atom. The van der Waals surface area contributed by atoms with E-state index < -0.39 is 6.10 Å². The smallest absolute Gasteiger partial charge is 0.260 e. The van der Waals surface area contributed by atoms with E-state index in [9.17, 15) is 9.59 Å². The Balaban J connectivity index is 1.83. The highest BCUT2D eigenvalue weighted by molar-refractivity contribution is 5.82. The van der Waals surface area contributed by atoms with Gasteiger partial charge >= 0.3 is 0 Å². The molecule has 4 heteroatoms. The summed E-state index contributed by atoms with van der Waals surface area (Å²) in [6, 6.07) is 6.93. The molecule has 0 spiro atoms. The fraction of sp³-hybridized carbons (Fsp3) is 0.529. The molecule has 1 aromatic rings. The molecule has 0 saturated heterocycles. The Morgan fingerprint density at radius 3 is 2.76 bits per heavy atom. The van der Waals surface area contributed by atoms with Crippen molar-refractivity contribution >= 4 is 12.2 Å². The van der Waals surface area contributed by atoms with Gasteiger partial charge in [0.25, 0.3) is 5.91 Å². The number of hydrogen-bond acceptors (Lipinski definition) is 3. The first-order valence-electron chi connectivity index (χ1n) is 7.69. The lowest BCUT2D eigenvalue weighted by molar-refractivity contribution is -0.127. The van der Waals surface area contributed by atoms with Gasteiger partial charge in [0.15, 0.2) is 12.4 Å². The summed E-state index contributed by atoms with van der Waals surface area (Å²) in [5.41, 5.74) is 0.462. The van der Waals surface area contributed by atoms with Crippen molar-refractivity contribution in [3.63, 3.8) is 0 Å². The number of nitrogens with one attached hydrogen (secondary N) is 1. The van der Waals surface area contributed by atoms with Crippen molar-refractivity contribution < 1.29 is 14.3 Å². The van der Waals surface area contributed by atoms with Crippen LogP contribution >= 0.6 is 0 Å². The average Bonchev–Trinajstić information content (AvgIpc) is 2.54. The fourth-order valence-corrected chi connectivity index (χ4v) is 2.71. The van der Waals surface area contributed by atoms with Gasteiger partial charge in [0, 0.05) is 6.54 Å². The number of carbonyl (C=O) groups is 2. The van der Waals surface area contributed by atoms with Crippen LogP contribution < -0.4 is 10.1 Å². The summed E-state index contributed by atoms with van der Waals surface area (Å²) in [6.07, 6.45) is 6.37. The van der Waals surface area contributed by atoms with Crippen LogP contribution in [0.1, 0.15) is 49.4 Å². The Kier molecular flexibility index (Phi) is 5.78. The monoisotopic (exact) mass is 289 g/mol. The van der Waals surface area contributed by atoms with E-state index in [1.165, 1.54) is 32.1 Å². The number of carbonyl (C=O) groups excluding carboxylic acids is 2. The minimum atomic E-state index is -0.602. The van der Waals surface area contributed by atoms with Crippen LogP contribution in [0.25, 0.3) is 0 Å². The topological polar surface area (TPSA) is 55.4 Å². The van der Waals surface area contributed by atoms with E-state index >= 15 is 0 Å². The zero-order chi connectivity index (χ0) is 15.1. The predicted molar refractivity (Wildman–Crippen MR) is 81.5 cm³/mol. The molecule has 1 saturated carbocycles. The van der Waals surface area contributed by atoms with Crippen LogP contribution in [0.5, 0.6) is 5.75 Å². The number of aldehydes is 1. The number of benzene rings is 1. The lowest BCUT2D eigenvalue weighted by Gasteiger charge is -2.23. The molecule has 1 aliphatic carbocycles. The second-order valence-corrected chi connectivity index (χ2v) is 5.66. The first kappa shape index (κ1) is 15.5. The van der Waals surface area contributed by atoms with E-state index in [1.807, 2.05) is 0 Å². The minimum Gasteiger partial charge on any atom is -0.480 e. The highest BCUT2D eigenvalue weighted by Crippen LogP contribution is 2.23. The van der Waals surface area contributed by atoms with E-state index in [0.717, 1.165) is 12.8 Å². The van der Waals surface area contributed by atoms with Crippen LogP contribution in [-0.4, -0.2) is 24.8 Å². The van der Waals surface area contributed by atoms with Gasteiger partial charge in [-0.1, -0.05) is 31.4 Å². The zero-order valence-corrected chi connectivity index (χ0v) is 12.5. The van der Waals surface area contributed by atoms with Gasteiger partial charge in [0.2, 0.25) is 0 Å². The van der Waals surface area contributed by atoms with Gasteiger partial charge in [-0.3, -0.25) is 9.59 Å². The van der Waals surface area contributed by atoms with Crippen molar-refractivity contribution in [2.24, 2.45) is 5.92 Å². The molecular formula is C17H23NO3. The molecule has 1 aromatic carbocycles. The number of ether oxygens (including phenoxy) is 1. The Hall–Kier alpha value is -1.84. The summed E-state index contributed by atoms with van der Waals surface area (Å²) < 4.78 is 5.59. The van der Waals surface area contributed by atoms with Crippen molar-refractivity contribution in [2.45, 2.75) is 45.1 Å². The van der Waals surface area contributed by atoms with Crippen LogP contribution in [0.15, 0.2) is 24.3 Å². The third kappa shape index (κ3) is 4.59. The molecule has 0 aliphatic heterocycles. The highest BCUT2D eigenvalue weighted by Gasteiger charge is 2.19. The molecule has 114 valence electrons. The fourth-order valence-electron chi connectivity index (χ4n) is 2.71. The third-order valence-corrected chi connectivity index (χ3v) is 4.01. The largest absolute Gasteiger partial charge is 0.480 e. The maximum Gasteiger partial charge on any atom is 0.260 e. The van der Waals surface area contributed by atoms with Crippen LogP contribution in [0.2, 0.25) is 0 Å². The Bertz CT molecular complexity index is 481. The molecule has 4 nitrogen and oxygen atoms in total. The van der Waals surface area contributed by atoms with E-state index in [2.05, 4.69) is 5.32 Å². The normalized spacial score (nSPS) is 17.0. The van der Waals surface area contributed by atoms with Crippen molar-refractivity contribution in [2.75, 3.05) is 6.54 Å². The van der Waals surface area contributed by atoms with Crippen molar-refractivity contribution in [3.8, 4) is 5.75 Å². The quantitative estimate of drug-likeness (QED) is 0.819. The molecule has 1 fully saturated rings. The summed E-state index contributed by atoms with van der Waals surface area (Å²) >= 11 is 0. The molecule has 0 unspecified atom stereocenters. The minimum absolute atomic E-state index is 0.124. The van der Waals surface area contributed by atoms with E-state index in [1.54, 1.807) is 31.2 Å². The SMILES string of the molecule is C[C@H](Oc1ccccc1C=O)C(=O)NCC1CCCCC1. The summed E-state index contributed by atoms with van der Waals surface area (Å²) in [6.45, 7) is 2.43. The van der Waals surface area contributed by atoms with Crippen LogP contribution in [-0.2, 0) is 4.79 Å². The van der Waals surface area contributed by atoms with Gasteiger partial charge in [-0.25, -0.2) is 0 Å². The van der Waals surface area contributed by atoms with Gasteiger partial charge < -0.3 is 10.1 Å². The number of para-hydroxylation sites is 1. The molecule has 0 bridgehead atoms. The second-order valence-electron chi connectivity index (χ2n) is 5.66. The maximum absolute atomic E-state index is 12.1. The lowest BCUT2D eigenvalue weighted by atomic mass is 9.89. The molecule has 1 atom stereocenters. The van der Waals surface area contributed by atoms with E-state index in [0.29, 0.717) is 17.2 Å². The summed E-state index contributed by atoms with van der Waals surface area (Å²) in [7, 11) is 0. The zero-order valence-electron chi connectivity index (χ0n) is 12.5. The Morgan fingerprint density at radius 1 is 1.33 bits per heavy atom. The van der Waals surface area contributed by atoms with Crippen LogP contribution in [0.4, 0.5) is 0 Å². The van der Waals surface area contributed by atoms with Gasteiger partial charge in [0.1, 0.15) is 5.75 Å². The molecule has 21 heavy (non-hydrogen) atoms. The number of amides is 1. The van der Waals surface area contributed by atoms with Gasteiger partial charge in [-0.05, 0) is 37.8 Å². The molecule has 1 amide bonds. The third-order valence-electron chi connectivity index (χ3n) is 4.01. The van der Waals surface area contributed by atoms with E-state index in [-0.39, 0.29) is 5.91 Å². The van der Waals surface area contributed by atoms with Crippen LogP contribution in [0.3, 0.4) is 0 Å². The van der Waals surface area contributed by atoms with Crippen molar-refractivity contribution in [3.05, 3.63) is 29.8 Å². The average molecular weight is 289 g/mol. The summed E-state index contributed by atoms with van der Waals surface area (Å²) in [4.78, 5) is 23.0. The number of rotatable bonds is 6. The van der Waals surface area contributed by atoms with Crippen molar-refractivity contribution in [1.29, 1.82) is 0 Å². The second kappa shape index (κ2) is 7.81. The van der Waals surface area contributed by atoms with Gasteiger partial charge in [0.05, 0.1) is 5.56 Å². The van der Waals surface area contributed by atoms with E-state index in [4.69, 9.17) is 4.74 Å². The summed E-state index contributed by atoms with van der Waals surface area (Å²) in [5.74, 6) is 0.922. The first-order chi connectivity index (χ1) is 10.2. The van der Waals surface area contributed by atoms with Gasteiger partial charge in [-0.15, -0.1) is 0 Å². The van der Waals surface area contributed by atoms with Crippen molar-refractivity contribution in [1.82, 2.24) is 5.32 Å². The molecule has 0 heterocycles. The molecule has 2 rings (SSSR count). The van der Waals surface area contributed by atoms with Gasteiger partial charge in [-0.2, -0.15) is 0 Å². The molecular weight excluding hydrogens is 266 g/mol. The Labute approximate surface area is 125 Å². The summed E-state index contributed by atoms with van der Waals surface area (Å²) in [5, 5.41) is 2.96. The molecule has 1 aliphatic rings. The first-order valence-corrected chi connectivity index (χ1v) is 7.69. The standard InChI is InChI=1S/C17H23NO3/c1-13(21-16-10-6-5-9-15(16)12-19)17(20)18-11-14-7-3-2-4-8-14/h5-6,9-10,12-14H,2-4,7-8,11H2,1H3,(H,18,20)/t13-/m0/s1. The lowest BCUT2D eigenvalue weighted by Crippen LogP contribution is -2.39. The highest BCUT2D eigenvalue weighted by atomic mass is 16.5.